The molecule has 0 aliphatic rings. The molecule has 2 heterocycles. The number of benzene rings is 1. The van der Waals surface area contributed by atoms with Crippen molar-refractivity contribution in [2.24, 2.45) is 0 Å². The summed E-state index contributed by atoms with van der Waals surface area (Å²) in [5, 5.41) is 15.8. The van der Waals surface area contributed by atoms with E-state index in [1.54, 1.807) is 19.1 Å². The fraction of sp³-hybridized carbons (Fsp3) is 0.286. The average Bonchev–Trinajstić information content (AvgIpc) is 2.79. The second kappa shape index (κ2) is 12.2. The minimum Gasteiger partial charge on any atom is -0.382 e. The molecule has 1 aromatic carbocycles. The molecular formula is C21H22FN7O3S. The van der Waals surface area contributed by atoms with Crippen LogP contribution in [0.4, 0.5) is 16.0 Å². The summed E-state index contributed by atoms with van der Waals surface area (Å²) in [6.45, 7) is 4.35. The zero-order chi connectivity index (χ0) is 24.4. The van der Waals surface area contributed by atoms with Gasteiger partial charge in [0.15, 0.2) is 0 Å². The van der Waals surface area contributed by atoms with Gasteiger partial charge in [-0.15, -0.1) is 0 Å². The van der Waals surface area contributed by atoms with Gasteiger partial charge in [0.1, 0.15) is 35.4 Å². The van der Waals surface area contributed by atoms with E-state index >= 15 is 0 Å². The number of pyridine rings is 1. The van der Waals surface area contributed by atoms with Crippen molar-refractivity contribution in [2.75, 3.05) is 17.6 Å². The van der Waals surface area contributed by atoms with Crippen molar-refractivity contribution in [3.63, 3.8) is 0 Å². The second-order valence-corrected chi connectivity index (χ2v) is 7.03. The first kappa shape index (κ1) is 25.3. The van der Waals surface area contributed by atoms with Crippen molar-refractivity contribution in [2.45, 2.75) is 32.7 Å². The summed E-state index contributed by atoms with van der Waals surface area (Å²) < 4.78 is 30.3. The molecule has 0 unspecified atom stereocenters. The molecule has 3 rings (SSSR count). The third-order valence-corrected chi connectivity index (χ3v) is 4.62. The van der Waals surface area contributed by atoms with Gasteiger partial charge < -0.3 is 16.4 Å². The summed E-state index contributed by atoms with van der Waals surface area (Å²) in [5.41, 5.74) is 7.19. The maximum absolute atomic E-state index is 13.7. The fourth-order valence-corrected chi connectivity index (χ4v) is 3.04. The van der Waals surface area contributed by atoms with Crippen LogP contribution in [0.1, 0.15) is 54.3 Å². The second-order valence-electron chi connectivity index (χ2n) is 6.90. The normalized spacial score (nSPS) is 11.0. The molecule has 0 aliphatic heterocycles. The van der Waals surface area contributed by atoms with E-state index in [1.165, 1.54) is 18.5 Å². The molecule has 0 fully saturated rings. The lowest BCUT2D eigenvalue weighted by atomic mass is 10.0. The molecular weight excluding hydrogens is 449 g/mol. The van der Waals surface area contributed by atoms with E-state index in [4.69, 9.17) is 14.2 Å². The van der Waals surface area contributed by atoms with E-state index < -0.39 is 23.4 Å². The number of amides is 1. The molecule has 0 saturated heterocycles. The van der Waals surface area contributed by atoms with Crippen LogP contribution >= 0.6 is 0 Å². The number of nitriles is 1. The number of carbonyl (C=O) groups is 1. The van der Waals surface area contributed by atoms with Crippen molar-refractivity contribution in [3.8, 4) is 6.07 Å². The number of nitrogens with one attached hydrogen (secondary N) is 2. The van der Waals surface area contributed by atoms with Gasteiger partial charge in [-0.2, -0.15) is 13.7 Å². The zero-order valence-electron chi connectivity index (χ0n) is 18.0. The molecule has 1 amide bonds. The molecule has 33 heavy (non-hydrogen) atoms. The molecule has 172 valence electrons. The minimum atomic E-state index is -0.750. The summed E-state index contributed by atoms with van der Waals surface area (Å²) >= 11 is -0.750. The highest BCUT2D eigenvalue weighted by atomic mass is 32.1. The molecule has 0 aliphatic carbocycles. The van der Waals surface area contributed by atoms with Crippen LogP contribution in [-0.4, -0.2) is 35.8 Å². The number of rotatable bonds is 7. The Morgan fingerprint density at radius 3 is 2.70 bits per heavy atom. The Bertz CT molecular complexity index is 1230. The Balaban J connectivity index is 0.00000122. The van der Waals surface area contributed by atoms with Crippen LogP contribution in [0.2, 0.25) is 0 Å². The van der Waals surface area contributed by atoms with Gasteiger partial charge in [0, 0.05) is 11.9 Å². The van der Waals surface area contributed by atoms with Crippen LogP contribution in [0, 0.1) is 17.1 Å². The molecule has 0 saturated carbocycles. The van der Waals surface area contributed by atoms with E-state index in [-0.39, 0.29) is 23.1 Å². The third-order valence-electron chi connectivity index (χ3n) is 4.62. The van der Waals surface area contributed by atoms with Gasteiger partial charge in [-0.25, -0.2) is 19.3 Å². The molecule has 1 atom stereocenters. The number of unbranched alkanes of at least 4 members (excludes halogenated alkanes) is 1. The van der Waals surface area contributed by atoms with Crippen LogP contribution in [0.15, 0.2) is 30.6 Å². The quantitative estimate of drug-likeness (QED) is 0.439. The highest BCUT2D eigenvalue weighted by Gasteiger charge is 2.21. The van der Waals surface area contributed by atoms with Crippen LogP contribution < -0.4 is 16.4 Å². The summed E-state index contributed by atoms with van der Waals surface area (Å²) in [7, 11) is 0. The molecule has 2 aromatic heterocycles. The topological polar surface area (TPSA) is 164 Å². The summed E-state index contributed by atoms with van der Waals surface area (Å²) in [5.74, 6) is -0.401. The van der Waals surface area contributed by atoms with E-state index in [0.717, 1.165) is 12.8 Å². The SMILES string of the molecule is CCCCNC(=O)c1cc2cc(F)ccc2nc1[C@H](C)Nc1ncnc(N)c1C#N.O=S=O. The molecule has 0 bridgehead atoms. The average molecular weight is 472 g/mol. The largest absolute Gasteiger partial charge is 0.382 e. The summed E-state index contributed by atoms with van der Waals surface area (Å²) in [6, 6.07) is 7.32. The van der Waals surface area contributed by atoms with Crippen molar-refractivity contribution >= 4 is 40.0 Å². The number of hydrogen-bond donors (Lipinski definition) is 3. The third kappa shape index (κ3) is 6.50. The van der Waals surface area contributed by atoms with Crippen molar-refractivity contribution < 1.29 is 17.6 Å². The number of anilines is 2. The number of carbonyl (C=O) groups excluding carboxylic acids is 1. The predicted octanol–water partition coefficient (Wildman–Crippen LogP) is 2.65. The monoisotopic (exact) mass is 471 g/mol. The van der Waals surface area contributed by atoms with Gasteiger partial charge in [-0.05, 0) is 37.6 Å². The van der Waals surface area contributed by atoms with Gasteiger partial charge in [-0.3, -0.25) is 4.79 Å². The molecule has 4 N–H and O–H groups in total. The van der Waals surface area contributed by atoms with Crippen LogP contribution in [0.3, 0.4) is 0 Å². The minimum absolute atomic E-state index is 0.0571. The molecule has 3 aromatic rings. The number of nitrogen functional groups attached to an aromatic ring is 1. The maximum atomic E-state index is 13.7. The predicted molar refractivity (Wildman–Crippen MR) is 121 cm³/mol. The number of nitrogens with zero attached hydrogens (tertiary/aromatic N) is 4. The highest BCUT2D eigenvalue weighted by molar-refractivity contribution is 7.51. The number of hydrogen-bond acceptors (Lipinski definition) is 9. The number of aromatic nitrogens is 3. The van der Waals surface area contributed by atoms with Crippen molar-refractivity contribution in [1.82, 2.24) is 20.3 Å². The van der Waals surface area contributed by atoms with Crippen molar-refractivity contribution in [3.05, 3.63) is 53.2 Å². The number of nitrogens with two attached hydrogens (primary N) is 1. The van der Waals surface area contributed by atoms with Gasteiger partial charge in [0.05, 0.1) is 22.8 Å². The molecule has 0 spiro atoms. The highest BCUT2D eigenvalue weighted by Crippen LogP contribution is 2.26. The first-order valence-corrected chi connectivity index (χ1v) is 10.6. The maximum Gasteiger partial charge on any atom is 0.335 e. The first-order valence-electron chi connectivity index (χ1n) is 9.93. The Morgan fingerprint density at radius 2 is 2.03 bits per heavy atom. The molecule has 12 heteroatoms. The Morgan fingerprint density at radius 1 is 1.30 bits per heavy atom. The van der Waals surface area contributed by atoms with Crippen LogP contribution in [0.5, 0.6) is 0 Å². The molecule has 10 nitrogen and oxygen atoms in total. The van der Waals surface area contributed by atoms with E-state index in [1.807, 2.05) is 13.0 Å². The van der Waals surface area contributed by atoms with Crippen molar-refractivity contribution in [1.29, 1.82) is 5.26 Å². The van der Waals surface area contributed by atoms with E-state index in [2.05, 4.69) is 25.6 Å². The lowest BCUT2D eigenvalue weighted by molar-refractivity contribution is 0.0951. The number of fused-ring (bicyclic) bond motifs is 1. The summed E-state index contributed by atoms with van der Waals surface area (Å²) in [4.78, 5) is 25.3. The Hall–Kier alpha value is -3.98. The lowest BCUT2D eigenvalue weighted by Crippen LogP contribution is -2.27. The fourth-order valence-electron chi connectivity index (χ4n) is 3.04. The van der Waals surface area contributed by atoms with Gasteiger partial charge in [0.2, 0.25) is 0 Å². The zero-order valence-corrected chi connectivity index (χ0v) is 18.8. The summed E-state index contributed by atoms with van der Waals surface area (Å²) in [6.07, 6.45) is 3.04. The van der Waals surface area contributed by atoms with Crippen LogP contribution in [-0.2, 0) is 11.6 Å². The Kier molecular flexibility index (Phi) is 9.31. The number of halogens is 1. The smallest absolute Gasteiger partial charge is 0.335 e. The standard InChI is InChI=1S/C21H22FN7O.O2S/c1-3-4-7-25-21(30)15-9-13-8-14(22)5-6-17(13)29-18(15)12(2)28-20-16(10-23)19(24)26-11-27-20;1-3-2/h5-6,8-9,11-12H,3-4,7H2,1-2H3,(H,25,30)(H3,24,26,27,28);/t12-;/m0./s1. The lowest BCUT2D eigenvalue weighted by Gasteiger charge is -2.19. The van der Waals surface area contributed by atoms with E-state index in [9.17, 15) is 14.4 Å². The first-order chi connectivity index (χ1) is 15.9. The van der Waals surface area contributed by atoms with Gasteiger partial charge in [-0.1, -0.05) is 13.3 Å². The van der Waals surface area contributed by atoms with Gasteiger partial charge in [0.25, 0.3) is 5.91 Å². The van der Waals surface area contributed by atoms with Crippen LogP contribution in [0.25, 0.3) is 10.9 Å². The Labute approximate surface area is 193 Å². The van der Waals surface area contributed by atoms with Gasteiger partial charge >= 0.3 is 11.6 Å². The van der Waals surface area contributed by atoms with E-state index in [0.29, 0.717) is 28.7 Å². The molecule has 0 radical (unpaired) electrons.